The van der Waals surface area contributed by atoms with E-state index in [2.05, 4.69) is 0 Å². The van der Waals surface area contributed by atoms with E-state index in [-0.39, 0.29) is 17.2 Å². The van der Waals surface area contributed by atoms with E-state index in [4.69, 9.17) is 9.47 Å². The number of anilines is 1. The summed E-state index contributed by atoms with van der Waals surface area (Å²) in [6.45, 7) is 0.559. The SMILES string of the molecule is COC(=O)C1=C(C(=O)OC)N(c2ccc3c(c2)CN(C2CC2)C3=O)C=CC=C1. The number of hydrogen-bond donors (Lipinski definition) is 0. The molecule has 0 atom stereocenters. The van der Waals surface area contributed by atoms with Gasteiger partial charge in [-0.15, -0.1) is 0 Å². The lowest BCUT2D eigenvalue weighted by atomic mass is 10.1. The molecule has 2 heterocycles. The Bertz CT molecular complexity index is 956. The zero-order chi connectivity index (χ0) is 19.8. The zero-order valence-corrected chi connectivity index (χ0v) is 15.7. The van der Waals surface area contributed by atoms with Crippen molar-refractivity contribution in [1.82, 2.24) is 4.90 Å². The number of rotatable bonds is 4. The number of fused-ring (bicyclic) bond motifs is 1. The number of carbonyl (C=O) groups excluding carboxylic acids is 3. The van der Waals surface area contributed by atoms with Crippen molar-refractivity contribution >= 4 is 23.5 Å². The molecular formula is C21H20N2O5. The third kappa shape index (κ3) is 2.98. The number of allylic oxidation sites excluding steroid dienone is 2. The van der Waals surface area contributed by atoms with E-state index in [0.717, 1.165) is 18.4 Å². The molecule has 0 bridgehead atoms. The predicted molar refractivity (Wildman–Crippen MR) is 101 cm³/mol. The lowest BCUT2D eigenvalue weighted by Crippen LogP contribution is -2.27. The van der Waals surface area contributed by atoms with Crippen LogP contribution in [0.25, 0.3) is 0 Å². The molecule has 0 radical (unpaired) electrons. The lowest BCUT2D eigenvalue weighted by molar-refractivity contribution is -0.139. The average Bonchev–Trinajstić information content (AvgIpc) is 3.53. The van der Waals surface area contributed by atoms with Crippen molar-refractivity contribution < 1.29 is 23.9 Å². The van der Waals surface area contributed by atoms with Gasteiger partial charge in [-0.05, 0) is 48.8 Å². The van der Waals surface area contributed by atoms with Crippen LogP contribution in [0.4, 0.5) is 5.69 Å². The third-order valence-corrected chi connectivity index (χ3v) is 5.08. The number of benzene rings is 1. The number of methoxy groups -OCH3 is 2. The zero-order valence-electron chi connectivity index (χ0n) is 15.7. The number of carbonyl (C=O) groups is 3. The van der Waals surface area contributed by atoms with Gasteiger partial charge in [-0.2, -0.15) is 0 Å². The monoisotopic (exact) mass is 380 g/mol. The number of nitrogens with zero attached hydrogens (tertiary/aromatic N) is 2. The number of amides is 1. The van der Waals surface area contributed by atoms with Gasteiger partial charge >= 0.3 is 11.9 Å². The summed E-state index contributed by atoms with van der Waals surface area (Å²) in [6, 6.07) is 5.75. The van der Waals surface area contributed by atoms with Crippen LogP contribution in [-0.2, 0) is 25.6 Å². The molecule has 7 nitrogen and oxygen atoms in total. The van der Waals surface area contributed by atoms with Gasteiger partial charge < -0.3 is 19.3 Å². The molecule has 3 aliphatic rings. The number of hydrogen-bond acceptors (Lipinski definition) is 6. The maximum atomic E-state index is 12.6. The molecule has 0 spiro atoms. The second kappa shape index (κ2) is 6.99. The number of esters is 2. The molecule has 1 fully saturated rings. The van der Waals surface area contributed by atoms with Gasteiger partial charge in [0.15, 0.2) is 0 Å². The fourth-order valence-electron chi connectivity index (χ4n) is 3.53. The molecule has 28 heavy (non-hydrogen) atoms. The minimum absolute atomic E-state index is 0.0520. The van der Waals surface area contributed by atoms with E-state index in [9.17, 15) is 14.4 Å². The Balaban J connectivity index is 1.77. The van der Waals surface area contributed by atoms with Gasteiger partial charge in [0.1, 0.15) is 5.70 Å². The maximum absolute atomic E-state index is 12.6. The summed E-state index contributed by atoms with van der Waals surface area (Å²) in [7, 11) is 2.52. The molecule has 1 saturated carbocycles. The summed E-state index contributed by atoms with van der Waals surface area (Å²) >= 11 is 0. The molecule has 0 saturated heterocycles. The van der Waals surface area contributed by atoms with E-state index >= 15 is 0 Å². The lowest BCUT2D eigenvalue weighted by Gasteiger charge is -2.23. The normalized spacial score (nSPS) is 18.3. The van der Waals surface area contributed by atoms with Crippen molar-refractivity contribution in [2.75, 3.05) is 19.1 Å². The van der Waals surface area contributed by atoms with E-state index < -0.39 is 11.9 Å². The molecule has 1 aliphatic carbocycles. The van der Waals surface area contributed by atoms with Crippen molar-refractivity contribution in [1.29, 1.82) is 0 Å². The van der Waals surface area contributed by atoms with Crippen LogP contribution in [0.5, 0.6) is 0 Å². The highest BCUT2D eigenvalue weighted by molar-refractivity contribution is 6.05. The summed E-state index contributed by atoms with van der Waals surface area (Å²) in [4.78, 5) is 40.8. The predicted octanol–water partition coefficient (Wildman–Crippen LogP) is 2.29. The van der Waals surface area contributed by atoms with E-state index in [0.29, 0.717) is 23.8 Å². The third-order valence-electron chi connectivity index (χ3n) is 5.08. The fourth-order valence-corrected chi connectivity index (χ4v) is 3.53. The Hall–Kier alpha value is -3.35. The summed E-state index contributed by atoms with van der Waals surface area (Å²) in [6.07, 6.45) is 8.65. The Labute approximate surface area is 162 Å². The maximum Gasteiger partial charge on any atom is 0.355 e. The first kappa shape index (κ1) is 18.0. The van der Waals surface area contributed by atoms with Gasteiger partial charge in [-0.25, -0.2) is 9.59 Å². The fraction of sp³-hybridized carbons (Fsp3) is 0.286. The standard InChI is InChI=1S/C21H20N2O5/c1-27-20(25)17-5-3-4-10-22(18(17)21(26)28-2)15-8-9-16-13(11-15)12-23(19(16)24)14-6-7-14/h3-5,8-11,14H,6-7,12H2,1-2H3. The van der Waals surface area contributed by atoms with Crippen molar-refractivity contribution in [2.24, 2.45) is 0 Å². The van der Waals surface area contributed by atoms with Crippen LogP contribution < -0.4 is 4.90 Å². The second-order valence-corrected chi connectivity index (χ2v) is 6.82. The summed E-state index contributed by atoms with van der Waals surface area (Å²) in [5.41, 5.74) is 2.40. The summed E-state index contributed by atoms with van der Waals surface area (Å²) in [5, 5.41) is 0. The van der Waals surface area contributed by atoms with Crippen molar-refractivity contribution in [3.8, 4) is 0 Å². The second-order valence-electron chi connectivity index (χ2n) is 6.82. The molecule has 0 N–H and O–H groups in total. The molecule has 1 amide bonds. The molecular weight excluding hydrogens is 360 g/mol. The van der Waals surface area contributed by atoms with E-state index in [1.165, 1.54) is 20.3 Å². The van der Waals surface area contributed by atoms with Crippen LogP contribution in [0, 0.1) is 0 Å². The Morgan fingerprint density at radius 2 is 1.82 bits per heavy atom. The quantitative estimate of drug-likeness (QED) is 0.746. The van der Waals surface area contributed by atoms with Crippen LogP contribution in [0.15, 0.2) is 53.9 Å². The molecule has 2 aliphatic heterocycles. The van der Waals surface area contributed by atoms with Crippen molar-refractivity contribution in [2.45, 2.75) is 25.4 Å². The Morgan fingerprint density at radius 1 is 1.07 bits per heavy atom. The van der Waals surface area contributed by atoms with E-state index in [1.807, 2.05) is 11.0 Å². The van der Waals surface area contributed by atoms with Gasteiger partial charge in [0.25, 0.3) is 5.91 Å². The Morgan fingerprint density at radius 3 is 2.50 bits per heavy atom. The van der Waals surface area contributed by atoms with Crippen LogP contribution in [-0.4, -0.2) is 43.0 Å². The minimum Gasteiger partial charge on any atom is -0.465 e. The van der Waals surface area contributed by atoms with Crippen LogP contribution >= 0.6 is 0 Å². The minimum atomic E-state index is -0.659. The smallest absolute Gasteiger partial charge is 0.355 e. The summed E-state index contributed by atoms with van der Waals surface area (Å²) < 4.78 is 9.74. The highest BCUT2D eigenvalue weighted by Crippen LogP contribution is 2.37. The largest absolute Gasteiger partial charge is 0.465 e. The van der Waals surface area contributed by atoms with Crippen LogP contribution in [0.2, 0.25) is 0 Å². The molecule has 0 aromatic heterocycles. The molecule has 4 rings (SSSR count). The average molecular weight is 380 g/mol. The number of ether oxygens (including phenoxy) is 2. The van der Waals surface area contributed by atoms with Gasteiger partial charge in [0, 0.05) is 30.0 Å². The Kier molecular flexibility index (Phi) is 4.50. The first-order chi connectivity index (χ1) is 13.5. The molecule has 7 heteroatoms. The topological polar surface area (TPSA) is 76.2 Å². The molecule has 144 valence electrons. The van der Waals surface area contributed by atoms with Gasteiger partial charge in [-0.1, -0.05) is 6.08 Å². The van der Waals surface area contributed by atoms with Crippen LogP contribution in [0.1, 0.15) is 28.8 Å². The molecule has 0 unspecified atom stereocenters. The molecule has 1 aromatic rings. The van der Waals surface area contributed by atoms with E-state index in [1.54, 1.807) is 35.4 Å². The summed E-state index contributed by atoms with van der Waals surface area (Å²) in [5.74, 6) is -1.24. The van der Waals surface area contributed by atoms with Crippen molar-refractivity contribution in [3.05, 3.63) is 65.0 Å². The first-order valence-electron chi connectivity index (χ1n) is 9.04. The van der Waals surface area contributed by atoms with Gasteiger partial charge in [-0.3, -0.25) is 4.79 Å². The van der Waals surface area contributed by atoms with Crippen molar-refractivity contribution in [3.63, 3.8) is 0 Å². The highest BCUT2D eigenvalue weighted by Gasteiger charge is 2.38. The highest BCUT2D eigenvalue weighted by atomic mass is 16.5. The first-order valence-corrected chi connectivity index (χ1v) is 9.04. The van der Waals surface area contributed by atoms with Crippen LogP contribution in [0.3, 0.4) is 0 Å². The van der Waals surface area contributed by atoms with Gasteiger partial charge in [0.2, 0.25) is 0 Å². The molecule has 1 aromatic carbocycles. The van der Waals surface area contributed by atoms with Gasteiger partial charge in [0.05, 0.1) is 19.8 Å².